The Labute approximate surface area is 201 Å². The minimum atomic E-state index is -0.651. The lowest BCUT2D eigenvalue weighted by atomic mass is 9.80. The number of nitrogens with zero attached hydrogens (tertiary/aromatic N) is 1. The van der Waals surface area contributed by atoms with Gasteiger partial charge >= 0.3 is 17.9 Å². The fourth-order valence-electron chi connectivity index (χ4n) is 3.79. The molecule has 0 saturated carbocycles. The first-order valence-corrected chi connectivity index (χ1v) is 11.6. The molecule has 0 spiro atoms. The molecule has 0 aliphatic carbocycles. The topological polar surface area (TPSA) is 91.4 Å². The standard InChI is InChI=1S/C26H35NO7/c1-8-31-24(28)16(4)15-34-20-13-11-19(12-14-20)23-21(25(29)32-9-2)17(5)27(7)18(6)22(23)26(30)33-10-3/h11-14,16,23H,8-10,15H2,1-7H3. The van der Waals surface area contributed by atoms with Crippen molar-refractivity contribution < 1.29 is 33.3 Å². The first-order valence-electron chi connectivity index (χ1n) is 11.6. The molecular weight excluding hydrogens is 438 g/mol. The highest BCUT2D eigenvalue weighted by Crippen LogP contribution is 2.42. The fraction of sp³-hybridized carbons (Fsp3) is 0.500. The second kappa shape index (κ2) is 12.3. The van der Waals surface area contributed by atoms with Gasteiger partial charge < -0.3 is 23.8 Å². The van der Waals surface area contributed by atoms with Crippen LogP contribution in [0.2, 0.25) is 0 Å². The molecule has 1 heterocycles. The largest absolute Gasteiger partial charge is 0.493 e. The van der Waals surface area contributed by atoms with Crippen molar-refractivity contribution in [1.29, 1.82) is 0 Å². The van der Waals surface area contributed by atoms with Crippen LogP contribution < -0.4 is 4.74 Å². The summed E-state index contributed by atoms with van der Waals surface area (Å²) in [4.78, 5) is 39.6. The molecule has 1 aliphatic heterocycles. The zero-order chi connectivity index (χ0) is 25.4. The quantitative estimate of drug-likeness (QED) is 0.372. The van der Waals surface area contributed by atoms with Crippen molar-refractivity contribution >= 4 is 17.9 Å². The van der Waals surface area contributed by atoms with Gasteiger partial charge in [0, 0.05) is 18.4 Å². The molecular formula is C26H35NO7. The monoisotopic (exact) mass is 473 g/mol. The van der Waals surface area contributed by atoms with Gasteiger partial charge in [-0.3, -0.25) is 4.79 Å². The molecule has 0 saturated heterocycles. The van der Waals surface area contributed by atoms with Crippen LogP contribution in [0, 0.1) is 5.92 Å². The molecule has 1 aromatic carbocycles. The molecule has 1 aromatic rings. The van der Waals surface area contributed by atoms with Gasteiger partial charge in [-0.05, 0) is 59.2 Å². The summed E-state index contributed by atoms with van der Waals surface area (Å²) in [7, 11) is 1.81. The third-order valence-corrected chi connectivity index (χ3v) is 5.76. The van der Waals surface area contributed by atoms with Crippen LogP contribution >= 0.6 is 0 Å². The van der Waals surface area contributed by atoms with Crippen molar-refractivity contribution in [3.05, 3.63) is 52.4 Å². The summed E-state index contributed by atoms with van der Waals surface area (Å²) in [5.41, 5.74) is 2.92. The van der Waals surface area contributed by atoms with E-state index in [9.17, 15) is 14.4 Å². The molecule has 0 aromatic heterocycles. The molecule has 0 N–H and O–H groups in total. The van der Waals surface area contributed by atoms with Gasteiger partial charge in [0.25, 0.3) is 0 Å². The molecule has 0 radical (unpaired) electrons. The maximum atomic E-state index is 13.0. The lowest BCUT2D eigenvalue weighted by Crippen LogP contribution is -2.33. The molecule has 2 rings (SSSR count). The predicted octanol–water partition coefficient (Wildman–Crippen LogP) is 3.97. The van der Waals surface area contributed by atoms with Crippen molar-refractivity contribution in [2.45, 2.75) is 47.5 Å². The van der Waals surface area contributed by atoms with Crippen molar-refractivity contribution in [3.63, 3.8) is 0 Å². The summed E-state index contributed by atoms with van der Waals surface area (Å²) in [6.07, 6.45) is 0. The average molecular weight is 474 g/mol. The number of allylic oxidation sites excluding steroid dienone is 2. The van der Waals surface area contributed by atoms with E-state index in [2.05, 4.69) is 0 Å². The lowest BCUT2D eigenvalue weighted by molar-refractivity contribution is -0.148. The van der Waals surface area contributed by atoms with Crippen LogP contribution in [-0.4, -0.2) is 56.3 Å². The smallest absolute Gasteiger partial charge is 0.336 e. The van der Waals surface area contributed by atoms with E-state index >= 15 is 0 Å². The Morgan fingerprint density at radius 2 is 1.32 bits per heavy atom. The zero-order valence-corrected chi connectivity index (χ0v) is 21.1. The summed E-state index contributed by atoms with van der Waals surface area (Å²) >= 11 is 0. The minimum absolute atomic E-state index is 0.173. The second-order valence-corrected chi connectivity index (χ2v) is 7.96. The number of hydrogen-bond donors (Lipinski definition) is 0. The van der Waals surface area contributed by atoms with E-state index in [1.807, 2.05) is 18.7 Å². The molecule has 0 amide bonds. The highest BCUT2D eigenvalue weighted by Gasteiger charge is 2.39. The van der Waals surface area contributed by atoms with E-state index in [1.165, 1.54) is 0 Å². The van der Waals surface area contributed by atoms with Gasteiger partial charge in [0.15, 0.2) is 0 Å². The Hall–Kier alpha value is -3.29. The van der Waals surface area contributed by atoms with Gasteiger partial charge in [-0.2, -0.15) is 0 Å². The van der Waals surface area contributed by atoms with Gasteiger partial charge in [0.2, 0.25) is 0 Å². The first-order chi connectivity index (χ1) is 16.2. The molecule has 0 bridgehead atoms. The molecule has 1 aliphatic rings. The highest BCUT2D eigenvalue weighted by atomic mass is 16.5. The van der Waals surface area contributed by atoms with Crippen molar-refractivity contribution in [2.24, 2.45) is 5.92 Å². The highest BCUT2D eigenvalue weighted by molar-refractivity contribution is 5.99. The molecule has 1 unspecified atom stereocenters. The van der Waals surface area contributed by atoms with E-state index in [4.69, 9.17) is 18.9 Å². The van der Waals surface area contributed by atoms with E-state index in [-0.39, 0.29) is 25.8 Å². The summed E-state index contributed by atoms with van der Waals surface area (Å²) in [5, 5.41) is 0. The number of esters is 3. The molecule has 34 heavy (non-hydrogen) atoms. The number of benzene rings is 1. The summed E-state index contributed by atoms with van der Waals surface area (Å²) < 4.78 is 21.4. The van der Waals surface area contributed by atoms with Crippen LogP contribution in [0.1, 0.15) is 53.0 Å². The average Bonchev–Trinajstić information content (AvgIpc) is 2.81. The molecule has 1 atom stereocenters. The number of rotatable bonds is 10. The van der Waals surface area contributed by atoms with Gasteiger partial charge in [0.05, 0.1) is 42.8 Å². The third-order valence-electron chi connectivity index (χ3n) is 5.76. The van der Waals surface area contributed by atoms with Crippen LogP contribution in [-0.2, 0) is 28.6 Å². The van der Waals surface area contributed by atoms with E-state index in [1.54, 1.807) is 59.0 Å². The molecule has 0 fully saturated rings. The van der Waals surface area contributed by atoms with E-state index < -0.39 is 23.8 Å². The zero-order valence-electron chi connectivity index (χ0n) is 21.1. The van der Waals surface area contributed by atoms with E-state index in [0.29, 0.717) is 34.9 Å². The fourth-order valence-corrected chi connectivity index (χ4v) is 3.79. The van der Waals surface area contributed by atoms with Crippen LogP contribution in [0.3, 0.4) is 0 Å². The Kier molecular flexibility index (Phi) is 9.71. The molecule has 8 heteroatoms. The van der Waals surface area contributed by atoms with Crippen LogP contribution in [0.25, 0.3) is 0 Å². The van der Waals surface area contributed by atoms with Crippen LogP contribution in [0.4, 0.5) is 0 Å². The van der Waals surface area contributed by atoms with Crippen LogP contribution in [0.5, 0.6) is 5.75 Å². The normalized spacial score (nSPS) is 15.2. The van der Waals surface area contributed by atoms with Crippen LogP contribution in [0.15, 0.2) is 46.8 Å². The predicted molar refractivity (Wildman–Crippen MR) is 127 cm³/mol. The van der Waals surface area contributed by atoms with Gasteiger partial charge in [-0.25, -0.2) is 9.59 Å². The minimum Gasteiger partial charge on any atom is -0.493 e. The van der Waals surface area contributed by atoms with Crippen molar-refractivity contribution in [2.75, 3.05) is 33.5 Å². The number of hydrogen-bond acceptors (Lipinski definition) is 8. The number of ether oxygens (including phenoxy) is 4. The Bertz CT molecular complexity index is 920. The Balaban J connectivity index is 2.42. The Morgan fingerprint density at radius 3 is 1.76 bits per heavy atom. The Morgan fingerprint density at radius 1 is 0.853 bits per heavy atom. The van der Waals surface area contributed by atoms with Gasteiger partial charge in [0.1, 0.15) is 12.4 Å². The van der Waals surface area contributed by atoms with Crippen molar-refractivity contribution in [1.82, 2.24) is 4.90 Å². The van der Waals surface area contributed by atoms with Crippen molar-refractivity contribution in [3.8, 4) is 5.75 Å². The second-order valence-electron chi connectivity index (χ2n) is 7.96. The summed E-state index contributed by atoms with van der Waals surface area (Å²) in [6, 6.07) is 7.11. The number of carbonyl (C=O) groups is 3. The first kappa shape index (κ1) is 27.0. The van der Waals surface area contributed by atoms with Gasteiger partial charge in [-0.1, -0.05) is 12.1 Å². The maximum absolute atomic E-state index is 13.0. The van der Waals surface area contributed by atoms with Gasteiger partial charge in [-0.15, -0.1) is 0 Å². The lowest BCUT2D eigenvalue weighted by Gasteiger charge is -2.35. The number of carbonyl (C=O) groups excluding carboxylic acids is 3. The molecule has 8 nitrogen and oxygen atoms in total. The van der Waals surface area contributed by atoms with E-state index in [0.717, 1.165) is 5.56 Å². The SMILES string of the molecule is CCOC(=O)C1=C(C)N(C)C(C)=C(C(=O)OCC)C1c1ccc(OCC(C)C(=O)OCC)cc1. The maximum Gasteiger partial charge on any atom is 0.336 e. The molecule has 186 valence electrons. The third kappa shape index (κ3) is 5.98. The summed E-state index contributed by atoms with van der Waals surface area (Å²) in [5.74, 6) is -1.77. The summed E-state index contributed by atoms with van der Waals surface area (Å²) in [6.45, 7) is 11.6.